The minimum absolute atomic E-state index is 0.0429. The van der Waals surface area contributed by atoms with Gasteiger partial charge in [-0.1, -0.05) is 97.5 Å². The van der Waals surface area contributed by atoms with Crippen LogP contribution in [0.1, 0.15) is 124 Å². The quantitative estimate of drug-likeness (QED) is 0.107. The summed E-state index contributed by atoms with van der Waals surface area (Å²) in [5.41, 5.74) is -0.797. The molecule has 2 N–H and O–H groups in total. The fourth-order valence-electron chi connectivity index (χ4n) is 3.81. The normalized spacial score (nSPS) is 13.4. The van der Waals surface area contributed by atoms with Gasteiger partial charge in [-0.3, -0.25) is 4.79 Å². The van der Waals surface area contributed by atoms with Gasteiger partial charge in [-0.2, -0.15) is 0 Å². The van der Waals surface area contributed by atoms with E-state index in [1.165, 1.54) is 51.4 Å². The molecule has 0 aromatic rings. The number of carbonyl (C=O) groups is 2. The van der Waals surface area contributed by atoms with Gasteiger partial charge in [0.25, 0.3) is 0 Å². The first-order valence-electron chi connectivity index (χ1n) is 13.5. The molecule has 0 bridgehead atoms. The molecular formula is C28H52O6. The number of rotatable bonds is 22. The lowest BCUT2D eigenvalue weighted by Gasteiger charge is -2.24. The number of carbonyl (C=O) groups excluding carboxylic acids is 2. The first kappa shape index (κ1) is 32.6. The molecule has 0 aliphatic heterocycles. The maximum absolute atomic E-state index is 12.5. The van der Waals surface area contributed by atoms with Crippen LogP contribution in [0.15, 0.2) is 12.2 Å². The molecule has 0 aliphatic carbocycles. The van der Waals surface area contributed by atoms with Crippen molar-refractivity contribution in [1.82, 2.24) is 0 Å². The second-order valence-electron chi connectivity index (χ2n) is 10.3. The third-order valence-corrected chi connectivity index (χ3v) is 6.09. The highest BCUT2D eigenvalue weighted by atomic mass is 16.5. The van der Waals surface area contributed by atoms with Crippen LogP contribution in [-0.2, 0) is 19.1 Å². The van der Waals surface area contributed by atoms with Gasteiger partial charge < -0.3 is 19.7 Å². The second kappa shape index (κ2) is 19.9. The lowest BCUT2D eigenvalue weighted by atomic mass is 9.86. The van der Waals surface area contributed by atoms with Gasteiger partial charge in [0.2, 0.25) is 0 Å². The Hall–Kier alpha value is -1.40. The summed E-state index contributed by atoms with van der Waals surface area (Å²) in [4.78, 5) is 24.7. The smallest absolute Gasteiger partial charge is 0.333 e. The molecule has 6 heteroatoms. The summed E-state index contributed by atoms with van der Waals surface area (Å²) in [5.74, 6) is -1.09. The van der Waals surface area contributed by atoms with Crippen molar-refractivity contribution in [2.75, 3.05) is 13.2 Å². The number of hydrogen-bond acceptors (Lipinski definition) is 6. The Kier molecular flexibility index (Phi) is 19.0. The predicted octanol–water partition coefficient (Wildman–Crippen LogP) is 6.27. The largest absolute Gasteiger partial charge is 0.463 e. The van der Waals surface area contributed by atoms with Crippen LogP contribution in [-0.4, -0.2) is 47.6 Å². The minimum atomic E-state index is -0.965. The minimum Gasteiger partial charge on any atom is -0.463 e. The van der Waals surface area contributed by atoms with Crippen molar-refractivity contribution in [3.05, 3.63) is 12.2 Å². The molecule has 200 valence electrons. The van der Waals surface area contributed by atoms with Gasteiger partial charge in [0.15, 0.2) is 0 Å². The van der Waals surface area contributed by atoms with Crippen LogP contribution in [0.25, 0.3) is 0 Å². The zero-order chi connectivity index (χ0) is 25.8. The van der Waals surface area contributed by atoms with Crippen LogP contribution < -0.4 is 0 Å². The third kappa shape index (κ3) is 17.1. The lowest BCUT2D eigenvalue weighted by molar-refractivity contribution is -0.157. The average Bonchev–Trinajstić information content (AvgIpc) is 2.79. The zero-order valence-corrected chi connectivity index (χ0v) is 22.4. The number of esters is 2. The van der Waals surface area contributed by atoms with Crippen molar-refractivity contribution < 1.29 is 29.3 Å². The Labute approximate surface area is 208 Å². The summed E-state index contributed by atoms with van der Waals surface area (Å²) >= 11 is 0. The Morgan fingerprint density at radius 3 is 1.62 bits per heavy atom. The lowest BCUT2D eigenvalue weighted by Crippen LogP contribution is -2.31. The molecular weight excluding hydrogens is 432 g/mol. The van der Waals surface area contributed by atoms with Crippen molar-refractivity contribution in [3.63, 3.8) is 0 Å². The van der Waals surface area contributed by atoms with E-state index >= 15 is 0 Å². The summed E-state index contributed by atoms with van der Waals surface area (Å²) in [6.07, 6.45) is 13.6. The van der Waals surface area contributed by atoms with Crippen LogP contribution >= 0.6 is 0 Å². The molecule has 0 amide bonds. The standard InChI is InChI=1S/C28H52O6/c1-6-8-10-12-14-16-18-24(29)21-33-26(31)23(3)20-28(4,5)27(32)34-22-25(30)19-17-15-13-11-9-7-2/h24-25,29-30H,3,6-22H2,1-2,4-5H3. The zero-order valence-electron chi connectivity index (χ0n) is 22.4. The highest BCUT2D eigenvalue weighted by Crippen LogP contribution is 2.27. The predicted molar refractivity (Wildman–Crippen MR) is 137 cm³/mol. The first-order chi connectivity index (χ1) is 16.1. The van der Waals surface area contributed by atoms with Gasteiger partial charge in [-0.15, -0.1) is 0 Å². The van der Waals surface area contributed by atoms with E-state index in [-0.39, 0.29) is 25.2 Å². The van der Waals surface area contributed by atoms with E-state index in [4.69, 9.17) is 9.47 Å². The van der Waals surface area contributed by atoms with Crippen molar-refractivity contribution >= 4 is 11.9 Å². The molecule has 0 rings (SSSR count). The maximum Gasteiger partial charge on any atom is 0.333 e. The number of aliphatic hydroxyl groups is 2. The highest BCUT2D eigenvalue weighted by molar-refractivity contribution is 5.89. The Morgan fingerprint density at radius 2 is 1.15 bits per heavy atom. The molecule has 0 heterocycles. The molecule has 34 heavy (non-hydrogen) atoms. The molecule has 0 spiro atoms. The summed E-state index contributed by atoms with van der Waals surface area (Å²) in [6.45, 7) is 11.4. The number of hydrogen-bond donors (Lipinski definition) is 2. The topological polar surface area (TPSA) is 93.1 Å². The van der Waals surface area contributed by atoms with Gasteiger partial charge in [0, 0.05) is 5.57 Å². The van der Waals surface area contributed by atoms with Crippen LogP contribution in [0, 0.1) is 5.41 Å². The summed E-state index contributed by atoms with van der Waals surface area (Å²) in [5, 5.41) is 20.1. The van der Waals surface area contributed by atoms with Crippen molar-refractivity contribution in [2.24, 2.45) is 5.41 Å². The van der Waals surface area contributed by atoms with E-state index in [0.29, 0.717) is 12.8 Å². The summed E-state index contributed by atoms with van der Waals surface area (Å²) < 4.78 is 10.5. The first-order valence-corrected chi connectivity index (χ1v) is 13.5. The van der Waals surface area contributed by atoms with E-state index in [0.717, 1.165) is 25.7 Å². The van der Waals surface area contributed by atoms with E-state index in [9.17, 15) is 19.8 Å². The van der Waals surface area contributed by atoms with E-state index in [1.807, 2.05) is 0 Å². The van der Waals surface area contributed by atoms with Crippen molar-refractivity contribution in [3.8, 4) is 0 Å². The van der Waals surface area contributed by atoms with Crippen LogP contribution in [0.3, 0.4) is 0 Å². The Morgan fingerprint density at radius 1 is 0.735 bits per heavy atom. The van der Waals surface area contributed by atoms with Crippen molar-refractivity contribution in [2.45, 2.75) is 136 Å². The van der Waals surface area contributed by atoms with E-state index < -0.39 is 29.6 Å². The number of ether oxygens (including phenoxy) is 2. The van der Waals surface area contributed by atoms with Crippen LogP contribution in [0.5, 0.6) is 0 Å². The Bertz CT molecular complexity index is 557. The maximum atomic E-state index is 12.5. The van der Waals surface area contributed by atoms with E-state index in [1.54, 1.807) is 13.8 Å². The number of unbranched alkanes of at least 4 members (excludes halogenated alkanes) is 10. The van der Waals surface area contributed by atoms with Crippen LogP contribution in [0.4, 0.5) is 0 Å². The monoisotopic (exact) mass is 484 g/mol. The van der Waals surface area contributed by atoms with E-state index in [2.05, 4.69) is 20.4 Å². The van der Waals surface area contributed by atoms with Crippen molar-refractivity contribution in [1.29, 1.82) is 0 Å². The third-order valence-electron chi connectivity index (χ3n) is 6.09. The molecule has 2 atom stereocenters. The molecule has 0 aliphatic rings. The fourth-order valence-corrected chi connectivity index (χ4v) is 3.81. The molecule has 0 saturated heterocycles. The van der Waals surface area contributed by atoms with Gasteiger partial charge in [0.05, 0.1) is 17.6 Å². The molecule has 0 aromatic carbocycles. The SMILES string of the molecule is C=C(CC(C)(C)C(=O)OCC(O)CCCCCCCC)C(=O)OCC(O)CCCCCCCC. The summed E-state index contributed by atoms with van der Waals surface area (Å²) in [7, 11) is 0. The van der Waals surface area contributed by atoms with Gasteiger partial charge in [-0.25, -0.2) is 4.79 Å². The molecule has 0 radical (unpaired) electrons. The van der Waals surface area contributed by atoms with Gasteiger partial charge in [0.1, 0.15) is 13.2 Å². The Balaban J connectivity index is 4.13. The van der Waals surface area contributed by atoms with Gasteiger partial charge in [-0.05, 0) is 33.1 Å². The molecule has 6 nitrogen and oxygen atoms in total. The fraction of sp³-hybridized carbons (Fsp3) is 0.857. The van der Waals surface area contributed by atoms with Crippen LogP contribution in [0.2, 0.25) is 0 Å². The number of aliphatic hydroxyl groups excluding tert-OH is 2. The highest BCUT2D eigenvalue weighted by Gasteiger charge is 2.32. The molecule has 0 fully saturated rings. The second-order valence-corrected chi connectivity index (χ2v) is 10.3. The average molecular weight is 485 g/mol. The molecule has 0 saturated carbocycles. The summed E-state index contributed by atoms with van der Waals surface area (Å²) in [6, 6.07) is 0. The van der Waals surface area contributed by atoms with Gasteiger partial charge >= 0.3 is 11.9 Å². The molecule has 0 aromatic heterocycles. The molecule has 2 unspecified atom stereocenters.